The second-order valence-corrected chi connectivity index (χ2v) is 2.23. The van der Waals surface area contributed by atoms with Crippen molar-refractivity contribution >= 4 is 11.8 Å². The molecule has 2 heterocycles. The van der Waals surface area contributed by atoms with Crippen LogP contribution in [0.3, 0.4) is 0 Å². The van der Waals surface area contributed by atoms with Gasteiger partial charge in [-0.3, -0.25) is 0 Å². The molecule has 0 atom stereocenters. The van der Waals surface area contributed by atoms with Crippen LogP contribution < -0.4 is 16.4 Å². The number of nitrogens with zero attached hydrogens (tertiary/aromatic N) is 2. The van der Waals surface area contributed by atoms with Gasteiger partial charge in [0.15, 0.2) is 11.8 Å². The molecule has 0 spiro atoms. The summed E-state index contributed by atoms with van der Waals surface area (Å²) in [7, 11) is 0. The number of hydrogen-bond acceptors (Lipinski definition) is 6. The molecule has 61 valence electrons. The standard InChI is InChI=1S/C6H6N5O/c7-6-9-1-3-5(11-6)8-2-4(12)10-3/h2,10,12H,(H3,7,8,9,11). The molecule has 0 amide bonds. The Balaban J connectivity index is 2.35. The summed E-state index contributed by atoms with van der Waals surface area (Å²) in [4.78, 5) is 7.52. The lowest BCUT2D eigenvalue weighted by Crippen LogP contribution is -2.43. The Kier molecular flexibility index (Phi) is 1.26. The molecular formula is C6H6N5O. The number of rotatable bonds is 0. The van der Waals surface area contributed by atoms with Crippen molar-refractivity contribution in [3.8, 4) is 0 Å². The number of aliphatic imine (C=N–C) groups is 2. The molecule has 2 aliphatic rings. The molecule has 0 aromatic heterocycles. The number of guanidine groups is 1. The van der Waals surface area contributed by atoms with Gasteiger partial charge < -0.3 is 21.5 Å². The number of fused-ring (bicyclic) bond motifs is 1. The molecule has 0 saturated carbocycles. The summed E-state index contributed by atoms with van der Waals surface area (Å²) in [6.45, 7) is 0. The SMILES string of the molecule is NC1=N[C]=C2NC(O)=CN=C2N1. The molecule has 2 rings (SSSR count). The van der Waals surface area contributed by atoms with Crippen LogP contribution in [0, 0.1) is 6.20 Å². The zero-order valence-corrected chi connectivity index (χ0v) is 6.00. The smallest absolute Gasteiger partial charge is 0.207 e. The minimum absolute atomic E-state index is 0.0429. The van der Waals surface area contributed by atoms with Gasteiger partial charge in [-0.25, -0.2) is 9.98 Å². The lowest BCUT2D eigenvalue weighted by Gasteiger charge is -2.18. The van der Waals surface area contributed by atoms with Gasteiger partial charge in [0.2, 0.25) is 5.88 Å². The molecule has 2 aliphatic heterocycles. The van der Waals surface area contributed by atoms with Crippen LogP contribution in [0.25, 0.3) is 0 Å². The molecule has 0 unspecified atom stereocenters. The molecule has 0 fully saturated rings. The zero-order valence-electron chi connectivity index (χ0n) is 6.00. The van der Waals surface area contributed by atoms with Gasteiger partial charge >= 0.3 is 0 Å². The summed E-state index contributed by atoms with van der Waals surface area (Å²) < 4.78 is 0. The van der Waals surface area contributed by atoms with Crippen molar-refractivity contribution in [3.63, 3.8) is 0 Å². The topological polar surface area (TPSA) is 95.0 Å². The maximum Gasteiger partial charge on any atom is 0.207 e. The minimum Gasteiger partial charge on any atom is -0.493 e. The Labute approximate surface area is 68.2 Å². The van der Waals surface area contributed by atoms with E-state index in [1.807, 2.05) is 0 Å². The molecular weight excluding hydrogens is 158 g/mol. The lowest BCUT2D eigenvalue weighted by molar-refractivity contribution is 0.376. The van der Waals surface area contributed by atoms with Crippen molar-refractivity contribution in [3.05, 3.63) is 24.0 Å². The second kappa shape index (κ2) is 2.26. The normalized spacial score (nSPS) is 20.3. The first-order valence-electron chi connectivity index (χ1n) is 3.23. The molecule has 5 N–H and O–H groups in total. The highest BCUT2D eigenvalue weighted by molar-refractivity contribution is 6.10. The summed E-state index contributed by atoms with van der Waals surface area (Å²) in [5.41, 5.74) is 5.82. The molecule has 6 nitrogen and oxygen atoms in total. The Morgan fingerprint density at radius 2 is 2.33 bits per heavy atom. The van der Waals surface area contributed by atoms with E-state index < -0.39 is 0 Å². The number of aliphatic hydroxyl groups is 1. The first-order valence-corrected chi connectivity index (χ1v) is 3.23. The molecule has 0 saturated heterocycles. The Morgan fingerprint density at radius 1 is 1.50 bits per heavy atom. The summed E-state index contributed by atoms with van der Waals surface area (Å²) in [5.74, 6) is 0.688. The van der Waals surface area contributed by atoms with Crippen LogP contribution in [0.15, 0.2) is 27.8 Å². The van der Waals surface area contributed by atoms with Gasteiger partial charge in [-0.1, -0.05) is 0 Å². The summed E-state index contributed by atoms with van der Waals surface area (Å²) in [5, 5.41) is 14.3. The van der Waals surface area contributed by atoms with E-state index in [2.05, 4.69) is 26.8 Å². The predicted octanol–water partition coefficient (Wildman–Crippen LogP) is -1.09. The van der Waals surface area contributed by atoms with Crippen molar-refractivity contribution in [1.82, 2.24) is 10.6 Å². The van der Waals surface area contributed by atoms with Crippen LogP contribution in [0.5, 0.6) is 0 Å². The molecule has 1 radical (unpaired) electrons. The number of hydrogen-bond donors (Lipinski definition) is 4. The second-order valence-electron chi connectivity index (χ2n) is 2.23. The van der Waals surface area contributed by atoms with Gasteiger partial charge in [0.25, 0.3) is 0 Å². The molecule has 0 aromatic rings. The number of nitrogens with one attached hydrogen (secondary N) is 2. The van der Waals surface area contributed by atoms with Crippen molar-refractivity contribution in [2.75, 3.05) is 0 Å². The van der Waals surface area contributed by atoms with Crippen molar-refractivity contribution in [1.29, 1.82) is 0 Å². The largest absolute Gasteiger partial charge is 0.493 e. The van der Waals surface area contributed by atoms with E-state index >= 15 is 0 Å². The molecule has 0 aliphatic carbocycles. The van der Waals surface area contributed by atoms with Gasteiger partial charge in [-0.2, -0.15) is 0 Å². The van der Waals surface area contributed by atoms with Crippen LogP contribution in [0.4, 0.5) is 0 Å². The maximum atomic E-state index is 8.99. The van der Waals surface area contributed by atoms with Crippen LogP contribution in [-0.2, 0) is 0 Å². The minimum atomic E-state index is -0.0429. The van der Waals surface area contributed by atoms with E-state index in [0.29, 0.717) is 11.5 Å². The third kappa shape index (κ3) is 0.986. The first kappa shape index (κ1) is 6.71. The molecule has 0 aromatic carbocycles. The van der Waals surface area contributed by atoms with E-state index in [4.69, 9.17) is 10.8 Å². The fourth-order valence-corrected chi connectivity index (χ4v) is 0.851. The summed E-state index contributed by atoms with van der Waals surface area (Å²) in [6.07, 6.45) is 3.85. The van der Waals surface area contributed by atoms with Crippen molar-refractivity contribution in [2.24, 2.45) is 15.7 Å². The Morgan fingerprint density at radius 3 is 3.17 bits per heavy atom. The zero-order chi connectivity index (χ0) is 8.55. The van der Waals surface area contributed by atoms with Gasteiger partial charge in [-0.05, 0) is 0 Å². The summed E-state index contributed by atoms with van der Waals surface area (Å²) in [6, 6.07) is 0. The average Bonchev–Trinajstić information content (AvgIpc) is 2.05. The highest BCUT2D eigenvalue weighted by atomic mass is 16.3. The van der Waals surface area contributed by atoms with Gasteiger partial charge in [0.1, 0.15) is 11.9 Å². The third-order valence-electron chi connectivity index (χ3n) is 1.34. The Hall–Kier alpha value is -1.98. The van der Waals surface area contributed by atoms with E-state index in [-0.39, 0.29) is 11.8 Å². The predicted molar refractivity (Wildman–Crippen MR) is 42.8 cm³/mol. The monoisotopic (exact) mass is 164 g/mol. The quantitative estimate of drug-likeness (QED) is 0.366. The molecule has 0 bridgehead atoms. The van der Waals surface area contributed by atoms with Gasteiger partial charge in [0.05, 0.1) is 6.20 Å². The summed E-state index contributed by atoms with van der Waals surface area (Å²) >= 11 is 0. The van der Waals surface area contributed by atoms with Crippen molar-refractivity contribution in [2.45, 2.75) is 0 Å². The van der Waals surface area contributed by atoms with Crippen LogP contribution >= 0.6 is 0 Å². The lowest BCUT2D eigenvalue weighted by atomic mass is 10.3. The number of amidine groups is 1. The first-order chi connectivity index (χ1) is 5.75. The van der Waals surface area contributed by atoms with E-state index in [0.717, 1.165) is 0 Å². The number of nitrogens with two attached hydrogens (primary N) is 1. The van der Waals surface area contributed by atoms with E-state index in [9.17, 15) is 0 Å². The maximum absolute atomic E-state index is 8.99. The molecule has 12 heavy (non-hydrogen) atoms. The fraction of sp³-hybridized carbons (Fsp3) is 0. The van der Waals surface area contributed by atoms with E-state index in [1.165, 1.54) is 6.20 Å². The highest BCUT2D eigenvalue weighted by Gasteiger charge is 2.16. The van der Waals surface area contributed by atoms with Crippen molar-refractivity contribution < 1.29 is 5.11 Å². The number of aliphatic hydroxyl groups excluding tert-OH is 1. The third-order valence-corrected chi connectivity index (χ3v) is 1.34. The average molecular weight is 164 g/mol. The van der Waals surface area contributed by atoms with Crippen LogP contribution in [0.2, 0.25) is 0 Å². The van der Waals surface area contributed by atoms with Crippen LogP contribution in [-0.4, -0.2) is 16.9 Å². The van der Waals surface area contributed by atoms with Crippen LogP contribution in [0.1, 0.15) is 0 Å². The highest BCUT2D eigenvalue weighted by Crippen LogP contribution is 2.04. The molecule has 6 heteroatoms. The van der Waals surface area contributed by atoms with E-state index in [1.54, 1.807) is 0 Å². The Bertz CT molecular complexity index is 304. The van der Waals surface area contributed by atoms with Gasteiger partial charge in [0, 0.05) is 0 Å². The van der Waals surface area contributed by atoms with Gasteiger partial charge in [-0.15, -0.1) is 0 Å². The fourth-order valence-electron chi connectivity index (χ4n) is 0.851.